The van der Waals surface area contributed by atoms with Crippen molar-refractivity contribution >= 4 is 23.3 Å². The van der Waals surface area contributed by atoms with Crippen LogP contribution in [0.25, 0.3) is 0 Å². The number of hydrogen-bond donors (Lipinski definition) is 1. The van der Waals surface area contributed by atoms with Crippen molar-refractivity contribution in [3.05, 3.63) is 76.8 Å². The maximum absolute atomic E-state index is 13.0. The largest absolute Gasteiger partial charge is 0.489 e. The van der Waals surface area contributed by atoms with E-state index >= 15 is 0 Å². The van der Waals surface area contributed by atoms with Gasteiger partial charge in [-0.25, -0.2) is 9.18 Å². The summed E-state index contributed by atoms with van der Waals surface area (Å²) < 4.78 is 64.2. The Morgan fingerprint density at radius 1 is 1.23 bits per heavy atom. The molecule has 2 aromatic carbocycles. The smallest absolute Gasteiger partial charge is 0.416 e. The Kier molecular flexibility index (Phi) is 7.46. The highest BCUT2D eigenvalue weighted by Crippen LogP contribution is 2.34. The molecule has 2 heterocycles. The number of ether oxygens (including phenoxy) is 2. The zero-order chi connectivity index (χ0) is 25.0. The van der Waals surface area contributed by atoms with Crippen LogP contribution >= 0.6 is 11.6 Å². The molecule has 1 aliphatic heterocycles. The van der Waals surface area contributed by atoms with E-state index in [1.165, 1.54) is 18.3 Å². The molecule has 1 unspecified atom stereocenters. The molecule has 186 valence electrons. The van der Waals surface area contributed by atoms with Crippen LogP contribution in [0.4, 0.5) is 28.0 Å². The van der Waals surface area contributed by atoms with Crippen LogP contribution in [0.15, 0.2) is 54.9 Å². The van der Waals surface area contributed by atoms with E-state index in [-0.39, 0.29) is 42.4 Å². The molecule has 12 heteroatoms. The van der Waals surface area contributed by atoms with Gasteiger partial charge in [0.1, 0.15) is 24.3 Å². The summed E-state index contributed by atoms with van der Waals surface area (Å²) in [5.41, 5.74) is 0.483. The first kappa shape index (κ1) is 24.8. The van der Waals surface area contributed by atoms with E-state index in [0.717, 1.165) is 23.8 Å². The fourth-order valence-corrected chi connectivity index (χ4v) is 3.71. The lowest BCUT2D eigenvalue weighted by molar-refractivity contribution is -0.137. The maximum Gasteiger partial charge on any atom is 0.416 e. The van der Waals surface area contributed by atoms with Gasteiger partial charge in [0.2, 0.25) is 0 Å². The van der Waals surface area contributed by atoms with Crippen LogP contribution in [-0.4, -0.2) is 53.1 Å². The molecule has 0 spiro atoms. The van der Waals surface area contributed by atoms with Crippen molar-refractivity contribution in [3.63, 3.8) is 0 Å². The van der Waals surface area contributed by atoms with E-state index in [9.17, 15) is 22.4 Å². The van der Waals surface area contributed by atoms with Crippen LogP contribution in [0.5, 0.6) is 5.75 Å². The SMILES string of the molecule is O=C(Nc1cnn(Cc2ccc(F)cc2)c1)N1CCOC(COc2ccc(C(F)(F)F)cc2Cl)C1. The Balaban J connectivity index is 1.28. The van der Waals surface area contributed by atoms with Crippen LogP contribution < -0.4 is 10.1 Å². The highest BCUT2D eigenvalue weighted by molar-refractivity contribution is 6.32. The Hall–Kier alpha value is -3.31. The number of halogens is 5. The van der Waals surface area contributed by atoms with Crippen LogP contribution in [0.3, 0.4) is 0 Å². The Bertz CT molecular complexity index is 1170. The zero-order valence-electron chi connectivity index (χ0n) is 18.3. The lowest BCUT2D eigenvalue weighted by Crippen LogP contribution is -2.49. The second-order valence-electron chi connectivity index (χ2n) is 7.88. The number of nitrogens with zero attached hydrogens (tertiary/aromatic N) is 3. The van der Waals surface area contributed by atoms with Crippen molar-refractivity contribution in [2.75, 3.05) is 31.6 Å². The third-order valence-corrected chi connectivity index (χ3v) is 5.55. The van der Waals surface area contributed by atoms with E-state index in [1.54, 1.807) is 27.9 Å². The standard InChI is InChI=1S/C23H21ClF4N4O3/c24-20-9-16(23(26,27)28)3-6-21(20)35-14-19-13-31(7-8-34-19)22(33)30-18-10-29-32(12-18)11-15-1-4-17(25)5-2-15/h1-6,9-10,12,19H,7-8,11,13-14H2,(H,30,33). The van der Waals surface area contributed by atoms with Crippen molar-refractivity contribution in [2.24, 2.45) is 0 Å². The Morgan fingerprint density at radius 2 is 2.00 bits per heavy atom. The van der Waals surface area contributed by atoms with E-state index in [1.807, 2.05) is 0 Å². The summed E-state index contributed by atoms with van der Waals surface area (Å²) in [6, 6.07) is 8.53. The molecule has 0 radical (unpaired) electrons. The third-order valence-electron chi connectivity index (χ3n) is 5.25. The van der Waals surface area contributed by atoms with Gasteiger partial charge < -0.3 is 19.7 Å². The van der Waals surface area contributed by atoms with Crippen LogP contribution in [0.1, 0.15) is 11.1 Å². The molecule has 2 amide bonds. The predicted molar refractivity (Wildman–Crippen MR) is 120 cm³/mol. The molecule has 7 nitrogen and oxygen atoms in total. The zero-order valence-corrected chi connectivity index (χ0v) is 19.0. The van der Waals surface area contributed by atoms with E-state index in [2.05, 4.69) is 10.4 Å². The van der Waals surface area contributed by atoms with Crippen LogP contribution in [0, 0.1) is 5.82 Å². The summed E-state index contributed by atoms with van der Waals surface area (Å²) in [7, 11) is 0. The van der Waals surface area contributed by atoms with Gasteiger partial charge >= 0.3 is 12.2 Å². The Labute approximate surface area is 203 Å². The fraction of sp³-hybridized carbons (Fsp3) is 0.304. The molecular weight excluding hydrogens is 492 g/mol. The average molecular weight is 513 g/mol. The molecule has 1 fully saturated rings. The summed E-state index contributed by atoms with van der Waals surface area (Å²) in [5, 5.41) is 6.81. The van der Waals surface area contributed by atoms with Gasteiger partial charge in [0, 0.05) is 12.7 Å². The molecule has 35 heavy (non-hydrogen) atoms. The molecule has 1 aliphatic rings. The molecule has 0 saturated carbocycles. The molecule has 0 bridgehead atoms. The minimum atomic E-state index is -4.50. The molecule has 1 saturated heterocycles. The Morgan fingerprint density at radius 3 is 2.71 bits per heavy atom. The summed E-state index contributed by atoms with van der Waals surface area (Å²) >= 11 is 5.92. The van der Waals surface area contributed by atoms with Gasteiger partial charge in [-0.05, 0) is 35.9 Å². The summed E-state index contributed by atoms with van der Waals surface area (Å²) in [6.45, 7) is 1.26. The normalized spacial score (nSPS) is 16.3. The number of urea groups is 1. The second-order valence-corrected chi connectivity index (χ2v) is 8.28. The molecular formula is C23H21ClF4N4O3. The first-order valence-electron chi connectivity index (χ1n) is 10.6. The molecule has 3 aromatic rings. The minimum absolute atomic E-state index is 0.00443. The number of morpholine rings is 1. The highest BCUT2D eigenvalue weighted by atomic mass is 35.5. The van der Waals surface area contributed by atoms with Gasteiger partial charge in [-0.2, -0.15) is 18.3 Å². The van der Waals surface area contributed by atoms with Crippen molar-refractivity contribution in [3.8, 4) is 5.75 Å². The monoisotopic (exact) mass is 512 g/mol. The van der Waals surface area contributed by atoms with E-state index in [0.29, 0.717) is 18.8 Å². The summed E-state index contributed by atoms with van der Waals surface area (Å²) in [5.74, 6) is -0.225. The molecule has 1 aromatic heterocycles. The number of amides is 2. The lowest BCUT2D eigenvalue weighted by atomic mass is 10.2. The number of aromatic nitrogens is 2. The molecule has 0 aliphatic carbocycles. The van der Waals surface area contributed by atoms with Crippen molar-refractivity contribution in [2.45, 2.75) is 18.8 Å². The third kappa shape index (κ3) is 6.64. The molecule has 4 rings (SSSR count). The van der Waals surface area contributed by atoms with E-state index in [4.69, 9.17) is 21.1 Å². The number of alkyl halides is 3. The summed E-state index contributed by atoms with van der Waals surface area (Å²) in [4.78, 5) is 14.2. The number of benzene rings is 2. The first-order chi connectivity index (χ1) is 16.7. The number of anilines is 1. The van der Waals surface area contributed by atoms with Gasteiger partial charge in [-0.1, -0.05) is 23.7 Å². The van der Waals surface area contributed by atoms with Gasteiger partial charge in [0.05, 0.1) is 42.2 Å². The number of rotatable bonds is 6. The van der Waals surface area contributed by atoms with Gasteiger partial charge in [0.15, 0.2) is 0 Å². The van der Waals surface area contributed by atoms with Gasteiger partial charge in [-0.15, -0.1) is 0 Å². The number of carbonyl (C=O) groups is 1. The quantitative estimate of drug-likeness (QED) is 0.469. The van der Waals surface area contributed by atoms with Crippen molar-refractivity contribution in [1.29, 1.82) is 0 Å². The topological polar surface area (TPSA) is 68.6 Å². The average Bonchev–Trinajstić information content (AvgIpc) is 3.26. The second kappa shape index (κ2) is 10.5. The van der Waals surface area contributed by atoms with Crippen LogP contribution in [-0.2, 0) is 17.5 Å². The number of hydrogen-bond acceptors (Lipinski definition) is 4. The number of carbonyl (C=O) groups excluding carboxylic acids is 1. The van der Waals surface area contributed by atoms with Gasteiger partial charge in [-0.3, -0.25) is 4.68 Å². The van der Waals surface area contributed by atoms with Gasteiger partial charge in [0.25, 0.3) is 0 Å². The maximum atomic E-state index is 13.0. The van der Waals surface area contributed by atoms with Crippen molar-refractivity contribution in [1.82, 2.24) is 14.7 Å². The molecule has 1 atom stereocenters. The lowest BCUT2D eigenvalue weighted by Gasteiger charge is -2.32. The van der Waals surface area contributed by atoms with Crippen molar-refractivity contribution < 1.29 is 31.8 Å². The predicted octanol–water partition coefficient (Wildman–Crippen LogP) is 5.05. The summed E-state index contributed by atoms with van der Waals surface area (Å²) in [6.07, 6.45) is -1.82. The minimum Gasteiger partial charge on any atom is -0.489 e. The first-order valence-corrected chi connectivity index (χ1v) is 11.0. The fourth-order valence-electron chi connectivity index (χ4n) is 3.48. The van der Waals surface area contributed by atoms with Crippen LogP contribution in [0.2, 0.25) is 5.02 Å². The highest BCUT2D eigenvalue weighted by Gasteiger charge is 2.31. The molecule has 1 N–H and O–H groups in total. The number of nitrogens with one attached hydrogen (secondary N) is 1. The van der Waals surface area contributed by atoms with E-state index < -0.39 is 17.8 Å².